The number of nitrogens with zero attached hydrogens (tertiary/aromatic N) is 5. The van der Waals surface area contributed by atoms with Crippen molar-refractivity contribution in [3.63, 3.8) is 0 Å². The van der Waals surface area contributed by atoms with Crippen molar-refractivity contribution in [3.8, 4) is 11.5 Å². The van der Waals surface area contributed by atoms with Crippen LogP contribution < -0.4 is 15.8 Å². The topological polar surface area (TPSA) is 196 Å². The minimum atomic E-state index is -0.514. The summed E-state index contributed by atoms with van der Waals surface area (Å²) in [6.07, 6.45) is 12.3. The van der Waals surface area contributed by atoms with E-state index in [1.165, 1.54) is 0 Å². The summed E-state index contributed by atoms with van der Waals surface area (Å²) in [5.74, 6) is 0.911. The molecule has 5 N–H and O–H groups in total. The number of carbonyl (C=O) groups is 2. The van der Waals surface area contributed by atoms with E-state index in [0.29, 0.717) is 48.8 Å². The molecule has 1 aromatic carbocycles. The maximum absolute atomic E-state index is 12.0. The first-order valence-electron chi connectivity index (χ1n) is 17.9. The number of carbonyl (C=O) groups excluding carboxylic acids is 2. The molecule has 0 radical (unpaired) electrons. The van der Waals surface area contributed by atoms with Crippen LogP contribution in [-0.2, 0) is 32.0 Å². The number of aliphatic hydroxyl groups is 1. The highest BCUT2D eigenvalue weighted by atomic mass is 16.5. The average molecular weight is 720 g/mol. The van der Waals surface area contributed by atoms with Crippen LogP contribution in [0.5, 0.6) is 11.5 Å². The highest BCUT2D eigenvalue weighted by Crippen LogP contribution is 2.42. The zero-order valence-corrected chi connectivity index (χ0v) is 30.1. The Bertz CT molecular complexity index is 1830. The zero-order valence-electron chi connectivity index (χ0n) is 30.1. The first-order valence-corrected chi connectivity index (χ1v) is 17.9. The van der Waals surface area contributed by atoms with Gasteiger partial charge in [-0.15, -0.1) is 0 Å². The number of esters is 2. The van der Waals surface area contributed by atoms with E-state index in [0.717, 1.165) is 80.2 Å². The number of rotatable bonds is 13. The van der Waals surface area contributed by atoms with Crippen molar-refractivity contribution >= 4 is 34.9 Å². The van der Waals surface area contributed by atoms with Crippen LogP contribution in [-0.4, -0.2) is 106 Å². The fourth-order valence-electron chi connectivity index (χ4n) is 6.68. The number of aromatic nitrogens is 4. The van der Waals surface area contributed by atoms with Gasteiger partial charge in [-0.05, 0) is 51.5 Å². The number of aliphatic hydroxyl groups excluding tert-OH is 1. The van der Waals surface area contributed by atoms with Gasteiger partial charge in [0.15, 0.2) is 17.0 Å². The van der Waals surface area contributed by atoms with Crippen molar-refractivity contribution in [2.75, 3.05) is 64.2 Å². The molecule has 280 valence electrons. The molecule has 0 bridgehead atoms. The summed E-state index contributed by atoms with van der Waals surface area (Å²) in [5.41, 5.74) is 10.6. The van der Waals surface area contributed by atoms with E-state index in [1.54, 1.807) is 13.4 Å². The van der Waals surface area contributed by atoms with E-state index in [1.807, 2.05) is 30.6 Å². The number of phenolic OH excluding ortho intramolecular Hbond substituents is 1. The molecule has 1 saturated heterocycles. The molecule has 0 unspecified atom stereocenters. The molecule has 2 aliphatic heterocycles. The van der Waals surface area contributed by atoms with Gasteiger partial charge in [0, 0.05) is 55.7 Å². The maximum atomic E-state index is 12.0. The number of allylic oxidation sites excluding steroid dienone is 3. The minimum absolute atomic E-state index is 0.0912. The Kier molecular flexibility index (Phi) is 11.9. The molecule has 2 aromatic heterocycles. The van der Waals surface area contributed by atoms with Gasteiger partial charge in [0.05, 0.1) is 32.7 Å². The fraction of sp³-hybridized carbons (Fsp3) is 0.541. The van der Waals surface area contributed by atoms with Gasteiger partial charge in [-0.1, -0.05) is 23.8 Å². The quantitative estimate of drug-likeness (QED) is 0.148. The molecular weight excluding hydrogens is 670 g/mol. The monoisotopic (exact) mass is 719 g/mol. The highest BCUT2D eigenvalue weighted by molar-refractivity contribution is 5.98. The van der Waals surface area contributed by atoms with Crippen LogP contribution in [0.4, 0.5) is 11.8 Å². The van der Waals surface area contributed by atoms with Crippen LogP contribution in [0, 0.1) is 12.8 Å². The number of nitrogen functional groups attached to an aromatic ring is 1. The molecule has 4 heterocycles. The van der Waals surface area contributed by atoms with Crippen LogP contribution in [0.25, 0.3) is 11.2 Å². The molecule has 15 heteroatoms. The second-order valence-corrected chi connectivity index (χ2v) is 13.6. The standard InChI is InChI=1S/C23H31NO7.C14H18N6O/c1-15(5-7-19(25)30-13-10-24-8-11-29-12-9-24)4-6-17-21(26)20-18(14-31-23(20)27)16(2)22(17)28-3;15-14-18-12(17-9-2-3-9)11-13(19-14)20(7-16-11)10-4-1-8(5-10)6-21/h4,26H,5-14H2,1-3H3;1,4,7-10,21H,2-3,5-6H2,(H3,15,17,18,19)/b15-4+;/t;8-,10+/m.1/s1. The number of cyclic esters (lactones) is 1. The Morgan fingerprint density at radius 2 is 1.98 bits per heavy atom. The molecule has 4 aliphatic rings. The molecule has 2 atom stereocenters. The van der Waals surface area contributed by atoms with Crippen LogP contribution in [0.15, 0.2) is 30.1 Å². The lowest BCUT2D eigenvalue weighted by Crippen LogP contribution is -2.38. The molecule has 0 spiro atoms. The van der Waals surface area contributed by atoms with E-state index in [4.69, 9.17) is 24.7 Å². The Hall–Kier alpha value is -4.73. The molecule has 15 nitrogen and oxygen atoms in total. The molecule has 1 saturated carbocycles. The number of phenols is 1. The summed E-state index contributed by atoms with van der Waals surface area (Å²) in [7, 11) is 1.54. The van der Waals surface area contributed by atoms with Gasteiger partial charge >= 0.3 is 11.9 Å². The van der Waals surface area contributed by atoms with E-state index in [9.17, 15) is 19.8 Å². The van der Waals surface area contributed by atoms with Crippen molar-refractivity contribution in [2.24, 2.45) is 5.92 Å². The van der Waals surface area contributed by atoms with Crippen molar-refractivity contribution < 1.29 is 38.7 Å². The number of anilines is 2. The van der Waals surface area contributed by atoms with Crippen molar-refractivity contribution in [2.45, 2.75) is 71.1 Å². The van der Waals surface area contributed by atoms with Crippen molar-refractivity contribution in [3.05, 3.63) is 52.4 Å². The summed E-state index contributed by atoms with van der Waals surface area (Å²) in [6, 6.07) is 0.646. The number of ether oxygens (including phenoxy) is 4. The number of morpholine rings is 1. The van der Waals surface area contributed by atoms with Gasteiger partial charge in [0.25, 0.3) is 0 Å². The first-order chi connectivity index (χ1) is 25.2. The van der Waals surface area contributed by atoms with Gasteiger partial charge < -0.3 is 44.8 Å². The molecule has 52 heavy (non-hydrogen) atoms. The molecule has 0 amide bonds. The predicted molar refractivity (Wildman–Crippen MR) is 193 cm³/mol. The van der Waals surface area contributed by atoms with Gasteiger partial charge in [-0.2, -0.15) is 9.97 Å². The van der Waals surface area contributed by atoms with Gasteiger partial charge in [-0.25, -0.2) is 9.78 Å². The lowest BCUT2D eigenvalue weighted by molar-refractivity contribution is -0.144. The predicted octanol–water partition coefficient (Wildman–Crippen LogP) is 3.62. The van der Waals surface area contributed by atoms with Gasteiger partial charge in [0.1, 0.15) is 30.3 Å². The van der Waals surface area contributed by atoms with Crippen LogP contribution >= 0.6 is 0 Å². The lowest BCUT2D eigenvalue weighted by atomic mass is 9.94. The number of aromatic hydroxyl groups is 1. The summed E-state index contributed by atoms with van der Waals surface area (Å²) in [5, 5.41) is 23.3. The summed E-state index contributed by atoms with van der Waals surface area (Å²) in [4.78, 5) is 39.3. The minimum Gasteiger partial charge on any atom is -0.507 e. The molecular formula is C37H49N7O8. The lowest BCUT2D eigenvalue weighted by Gasteiger charge is -2.26. The second-order valence-electron chi connectivity index (χ2n) is 13.6. The SMILES string of the molecule is COc1c(C)c2c(c(O)c1C/C=C(\C)CCC(=O)OCCN1CCOCC1)C(=O)OC2.Nc1nc(NC2CC2)c2ncn([C@H]3C=C[C@@H](CO)C3)c2n1. The normalized spacial score (nSPS) is 20.0. The van der Waals surface area contributed by atoms with E-state index >= 15 is 0 Å². The molecule has 2 aliphatic carbocycles. The van der Waals surface area contributed by atoms with Crippen LogP contribution in [0.2, 0.25) is 0 Å². The molecule has 7 rings (SSSR count). The second kappa shape index (κ2) is 16.7. The van der Waals surface area contributed by atoms with E-state index < -0.39 is 5.97 Å². The summed E-state index contributed by atoms with van der Waals surface area (Å²) >= 11 is 0. The highest BCUT2D eigenvalue weighted by Gasteiger charge is 2.32. The largest absolute Gasteiger partial charge is 0.507 e. The third-order valence-electron chi connectivity index (χ3n) is 9.90. The number of hydrogen-bond donors (Lipinski definition) is 4. The van der Waals surface area contributed by atoms with E-state index in [-0.39, 0.29) is 48.4 Å². The van der Waals surface area contributed by atoms with Gasteiger partial charge in [0.2, 0.25) is 5.95 Å². The van der Waals surface area contributed by atoms with Crippen molar-refractivity contribution in [1.82, 2.24) is 24.4 Å². The zero-order chi connectivity index (χ0) is 36.8. The molecule has 3 aromatic rings. The number of imidazole rings is 1. The number of nitrogens with one attached hydrogen (secondary N) is 1. The van der Waals surface area contributed by atoms with E-state index in [2.05, 4.69) is 31.2 Å². The number of hydrogen-bond acceptors (Lipinski definition) is 14. The summed E-state index contributed by atoms with van der Waals surface area (Å²) < 4.78 is 23.2. The van der Waals surface area contributed by atoms with Crippen LogP contribution in [0.1, 0.15) is 72.1 Å². The molecule has 2 fully saturated rings. The Morgan fingerprint density at radius 1 is 1.19 bits per heavy atom. The Balaban J connectivity index is 0.000000191. The number of nitrogens with two attached hydrogens (primary N) is 1. The number of methoxy groups -OCH3 is 1. The third kappa shape index (κ3) is 8.65. The fourth-order valence-corrected chi connectivity index (χ4v) is 6.68. The smallest absolute Gasteiger partial charge is 0.342 e. The number of benzene rings is 1. The van der Waals surface area contributed by atoms with Crippen LogP contribution in [0.3, 0.4) is 0 Å². The van der Waals surface area contributed by atoms with Crippen molar-refractivity contribution in [1.29, 1.82) is 0 Å². The number of fused-ring (bicyclic) bond motifs is 2. The maximum Gasteiger partial charge on any atom is 0.342 e. The third-order valence-corrected chi connectivity index (χ3v) is 9.90. The Morgan fingerprint density at radius 3 is 2.69 bits per heavy atom. The summed E-state index contributed by atoms with van der Waals surface area (Å²) in [6.45, 7) is 8.40. The van der Waals surface area contributed by atoms with Gasteiger partial charge in [-0.3, -0.25) is 9.69 Å². The Labute approximate surface area is 302 Å². The average Bonchev–Trinajstić information content (AvgIpc) is 3.47. The first kappa shape index (κ1) is 37.0.